The fourth-order valence-corrected chi connectivity index (χ4v) is 2.04. The van der Waals surface area contributed by atoms with Crippen LogP contribution in [0.5, 0.6) is 0 Å². The Morgan fingerprint density at radius 1 is 1.21 bits per heavy atom. The number of nitrogens with zero attached hydrogens (tertiary/aromatic N) is 4. The van der Waals surface area contributed by atoms with E-state index in [0.717, 1.165) is 11.4 Å². The zero-order chi connectivity index (χ0) is 14.0. The number of rotatable bonds is 3. The second-order valence-electron chi connectivity index (χ2n) is 4.44. The molecule has 19 heavy (non-hydrogen) atoms. The van der Waals surface area contributed by atoms with Gasteiger partial charge in [-0.15, -0.1) is 0 Å². The predicted octanol–water partition coefficient (Wildman–Crippen LogP) is 2.36. The minimum absolute atomic E-state index is 0.200. The lowest BCUT2D eigenvalue weighted by Gasteiger charge is -2.20. The molecular formula is C13H16ClN5. The summed E-state index contributed by atoms with van der Waals surface area (Å²) in [6, 6.07) is 5.91. The van der Waals surface area contributed by atoms with E-state index in [0.29, 0.717) is 23.7 Å². The van der Waals surface area contributed by atoms with Gasteiger partial charge in [0.05, 0.1) is 23.6 Å². The van der Waals surface area contributed by atoms with Crippen LogP contribution in [0.4, 0.5) is 11.5 Å². The van der Waals surface area contributed by atoms with Crippen molar-refractivity contribution in [3.63, 3.8) is 0 Å². The maximum atomic E-state index is 5.99. The number of anilines is 2. The van der Waals surface area contributed by atoms with Gasteiger partial charge in [0, 0.05) is 12.7 Å². The second kappa shape index (κ2) is 5.40. The summed E-state index contributed by atoms with van der Waals surface area (Å²) in [6.45, 7) is 4.38. The van der Waals surface area contributed by atoms with Crippen molar-refractivity contribution >= 4 is 23.1 Å². The van der Waals surface area contributed by atoms with Gasteiger partial charge in [0.15, 0.2) is 5.82 Å². The zero-order valence-electron chi connectivity index (χ0n) is 11.2. The molecule has 0 atom stereocenters. The summed E-state index contributed by atoms with van der Waals surface area (Å²) in [4.78, 5) is 14.6. The molecule has 0 spiro atoms. The highest BCUT2D eigenvalue weighted by Gasteiger charge is 2.12. The summed E-state index contributed by atoms with van der Waals surface area (Å²) in [7, 11) is 1.90. The quantitative estimate of drug-likeness (QED) is 0.873. The van der Waals surface area contributed by atoms with Crippen LogP contribution in [0, 0.1) is 13.8 Å². The van der Waals surface area contributed by atoms with Gasteiger partial charge in [-0.25, -0.2) is 4.98 Å². The van der Waals surface area contributed by atoms with E-state index in [1.807, 2.05) is 44.0 Å². The number of hydrogen-bond acceptors (Lipinski definition) is 5. The second-order valence-corrected chi connectivity index (χ2v) is 4.78. The van der Waals surface area contributed by atoms with Crippen LogP contribution in [-0.2, 0) is 6.54 Å². The van der Waals surface area contributed by atoms with Gasteiger partial charge < -0.3 is 10.6 Å². The first-order valence-corrected chi connectivity index (χ1v) is 6.28. The number of nitrogens with two attached hydrogens (primary N) is 1. The van der Waals surface area contributed by atoms with Crippen LogP contribution < -0.4 is 10.6 Å². The number of hydrogen-bond donors (Lipinski definition) is 1. The third-order valence-electron chi connectivity index (χ3n) is 2.80. The minimum Gasteiger partial charge on any atom is -0.394 e. The highest BCUT2D eigenvalue weighted by atomic mass is 35.5. The summed E-state index contributed by atoms with van der Waals surface area (Å²) in [5, 5.41) is 0.200. The Bertz CT molecular complexity index is 600. The smallest absolute Gasteiger partial charge is 0.224 e. The van der Waals surface area contributed by atoms with E-state index in [-0.39, 0.29) is 5.28 Å². The molecule has 0 fully saturated rings. The Kier molecular flexibility index (Phi) is 3.85. The molecule has 0 saturated heterocycles. The van der Waals surface area contributed by atoms with Crippen LogP contribution >= 0.6 is 11.6 Å². The molecule has 0 saturated carbocycles. The number of halogens is 1. The highest BCUT2D eigenvalue weighted by molar-refractivity contribution is 6.28. The number of aryl methyl sites for hydroxylation is 2. The molecule has 0 aliphatic rings. The molecule has 0 amide bonds. The third-order valence-corrected chi connectivity index (χ3v) is 2.96. The van der Waals surface area contributed by atoms with Crippen molar-refractivity contribution < 1.29 is 0 Å². The summed E-state index contributed by atoms with van der Waals surface area (Å²) < 4.78 is 0. The molecule has 2 N–H and O–H groups in total. The molecule has 2 aromatic rings. The van der Waals surface area contributed by atoms with E-state index < -0.39 is 0 Å². The van der Waals surface area contributed by atoms with Crippen molar-refractivity contribution in [3.8, 4) is 0 Å². The largest absolute Gasteiger partial charge is 0.394 e. The molecule has 2 heterocycles. The predicted molar refractivity (Wildman–Crippen MR) is 77.3 cm³/mol. The van der Waals surface area contributed by atoms with Gasteiger partial charge in [-0.3, -0.25) is 4.98 Å². The molecule has 0 aliphatic heterocycles. The van der Waals surface area contributed by atoms with Crippen molar-refractivity contribution in [1.29, 1.82) is 0 Å². The summed E-state index contributed by atoms with van der Waals surface area (Å²) in [6.07, 6.45) is 0. The number of nitrogen functional groups attached to an aromatic ring is 1. The first-order chi connectivity index (χ1) is 8.97. The molecule has 0 aromatic carbocycles. The standard InChI is InChI=1S/C13H16ClN5/c1-8-5-4-6-10(16-8)7-19(3)12-11(15)9(2)17-13(14)18-12/h4-6H,7,15H2,1-3H3. The first kappa shape index (κ1) is 13.5. The Balaban J connectivity index is 2.27. The van der Waals surface area contributed by atoms with E-state index in [9.17, 15) is 0 Å². The Hall–Kier alpha value is -1.88. The van der Waals surface area contributed by atoms with Gasteiger partial charge in [0.1, 0.15) is 0 Å². The van der Waals surface area contributed by atoms with Crippen molar-refractivity contribution in [2.45, 2.75) is 20.4 Å². The fourth-order valence-electron chi connectivity index (χ4n) is 1.83. The monoisotopic (exact) mass is 277 g/mol. The molecule has 2 aromatic heterocycles. The zero-order valence-corrected chi connectivity index (χ0v) is 11.9. The molecule has 0 bridgehead atoms. The van der Waals surface area contributed by atoms with E-state index >= 15 is 0 Å². The summed E-state index contributed by atoms with van der Waals surface area (Å²) >= 11 is 5.87. The summed E-state index contributed by atoms with van der Waals surface area (Å²) in [5.74, 6) is 0.626. The average Bonchev–Trinajstić information content (AvgIpc) is 2.33. The molecule has 5 nitrogen and oxygen atoms in total. The van der Waals surface area contributed by atoms with Gasteiger partial charge in [0.25, 0.3) is 0 Å². The lowest BCUT2D eigenvalue weighted by atomic mass is 10.3. The average molecular weight is 278 g/mol. The number of aromatic nitrogens is 3. The van der Waals surface area contributed by atoms with Crippen LogP contribution in [0.15, 0.2) is 18.2 Å². The van der Waals surface area contributed by atoms with Gasteiger partial charge in [0.2, 0.25) is 5.28 Å². The minimum atomic E-state index is 0.200. The molecule has 100 valence electrons. The van der Waals surface area contributed by atoms with Gasteiger partial charge in [-0.2, -0.15) is 4.98 Å². The van der Waals surface area contributed by atoms with Crippen molar-refractivity contribution in [2.75, 3.05) is 17.7 Å². The highest BCUT2D eigenvalue weighted by Crippen LogP contribution is 2.24. The SMILES string of the molecule is Cc1cccc(CN(C)c2nc(Cl)nc(C)c2N)n1. The molecule has 0 aliphatic carbocycles. The van der Waals surface area contributed by atoms with Gasteiger partial charge in [-0.05, 0) is 37.6 Å². The molecule has 6 heteroatoms. The molecule has 0 unspecified atom stereocenters. The van der Waals surface area contributed by atoms with Crippen molar-refractivity contribution in [2.24, 2.45) is 0 Å². The normalized spacial score (nSPS) is 10.5. The topological polar surface area (TPSA) is 67.9 Å². The molecular weight excluding hydrogens is 262 g/mol. The van der Waals surface area contributed by atoms with E-state index in [1.54, 1.807) is 0 Å². The maximum absolute atomic E-state index is 5.99. The van der Waals surface area contributed by atoms with E-state index in [4.69, 9.17) is 17.3 Å². The fraction of sp³-hybridized carbons (Fsp3) is 0.308. The molecule has 2 rings (SSSR count). The van der Waals surface area contributed by atoms with Crippen LogP contribution in [0.1, 0.15) is 17.1 Å². The Morgan fingerprint density at radius 3 is 2.63 bits per heavy atom. The molecule has 0 radical (unpaired) electrons. The van der Waals surface area contributed by atoms with Crippen molar-refractivity contribution in [1.82, 2.24) is 15.0 Å². The lowest BCUT2D eigenvalue weighted by Crippen LogP contribution is -2.21. The van der Waals surface area contributed by atoms with Crippen LogP contribution in [0.2, 0.25) is 5.28 Å². The Labute approximate surface area is 117 Å². The lowest BCUT2D eigenvalue weighted by molar-refractivity contribution is 0.854. The van der Waals surface area contributed by atoms with Crippen LogP contribution in [0.3, 0.4) is 0 Å². The third kappa shape index (κ3) is 3.12. The van der Waals surface area contributed by atoms with Crippen LogP contribution in [-0.4, -0.2) is 22.0 Å². The van der Waals surface area contributed by atoms with Gasteiger partial charge in [-0.1, -0.05) is 6.07 Å². The first-order valence-electron chi connectivity index (χ1n) is 5.90. The van der Waals surface area contributed by atoms with Gasteiger partial charge >= 0.3 is 0 Å². The van der Waals surface area contributed by atoms with Crippen LogP contribution in [0.25, 0.3) is 0 Å². The van der Waals surface area contributed by atoms with E-state index in [1.165, 1.54) is 0 Å². The van der Waals surface area contributed by atoms with Crippen molar-refractivity contribution in [3.05, 3.63) is 40.6 Å². The van der Waals surface area contributed by atoms with E-state index in [2.05, 4.69) is 15.0 Å². The Morgan fingerprint density at radius 2 is 1.95 bits per heavy atom. The number of pyridine rings is 1. The summed E-state index contributed by atoms with van der Waals surface area (Å²) in [5.41, 5.74) is 9.15. The maximum Gasteiger partial charge on any atom is 0.224 e.